The number of amides is 1. The van der Waals surface area contributed by atoms with E-state index in [1.165, 1.54) is 0 Å². The molecule has 1 aromatic heterocycles. The van der Waals surface area contributed by atoms with Gasteiger partial charge in [-0.1, -0.05) is 0 Å². The van der Waals surface area contributed by atoms with Gasteiger partial charge in [0.05, 0.1) is 19.8 Å². The van der Waals surface area contributed by atoms with Gasteiger partial charge in [-0.05, 0) is 6.42 Å². The number of rotatable bonds is 4. The molecule has 0 saturated carbocycles. The zero-order valence-electron chi connectivity index (χ0n) is 11.8. The number of carbonyl (C=O) groups is 1. The van der Waals surface area contributed by atoms with Crippen LogP contribution in [-0.4, -0.2) is 58.4 Å². The lowest BCUT2D eigenvalue weighted by Crippen LogP contribution is -2.44. The van der Waals surface area contributed by atoms with Gasteiger partial charge in [-0.2, -0.15) is 0 Å². The highest BCUT2D eigenvalue weighted by Crippen LogP contribution is 2.15. The SMILES string of the molecule is CN(Cc1nnc2n1CCC2)C(=O)CC1COCCN1. The number of nitrogens with zero attached hydrogens (tertiary/aromatic N) is 4. The average molecular weight is 279 g/mol. The van der Waals surface area contributed by atoms with Crippen LogP contribution in [0.1, 0.15) is 24.5 Å². The second kappa shape index (κ2) is 5.88. The summed E-state index contributed by atoms with van der Waals surface area (Å²) in [5.74, 6) is 2.05. The number of morpholine rings is 1. The molecular weight excluding hydrogens is 258 g/mol. The lowest BCUT2D eigenvalue weighted by molar-refractivity contribution is -0.131. The van der Waals surface area contributed by atoms with Crippen LogP contribution in [-0.2, 0) is 29.0 Å². The molecule has 2 aliphatic heterocycles. The van der Waals surface area contributed by atoms with E-state index in [9.17, 15) is 4.79 Å². The Morgan fingerprint density at radius 2 is 2.45 bits per heavy atom. The van der Waals surface area contributed by atoms with Crippen molar-refractivity contribution in [2.75, 3.05) is 26.8 Å². The van der Waals surface area contributed by atoms with Gasteiger partial charge in [0.25, 0.3) is 0 Å². The Labute approximate surface area is 118 Å². The van der Waals surface area contributed by atoms with Crippen LogP contribution in [0.2, 0.25) is 0 Å². The van der Waals surface area contributed by atoms with E-state index < -0.39 is 0 Å². The Morgan fingerprint density at radius 3 is 3.25 bits per heavy atom. The van der Waals surface area contributed by atoms with Crippen molar-refractivity contribution in [2.24, 2.45) is 0 Å². The molecule has 0 radical (unpaired) electrons. The summed E-state index contributed by atoms with van der Waals surface area (Å²) in [5, 5.41) is 11.7. The molecule has 7 heteroatoms. The van der Waals surface area contributed by atoms with E-state index in [-0.39, 0.29) is 11.9 Å². The van der Waals surface area contributed by atoms with Crippen molar-refractivity contribution in [2.45, 2.75) is 38.4 Å². The molecule has 1 saturated heterocycles. The van der Waals surface area contributed by atoms with Crippen LogP contribution in [0.3, 0.4) is 0 Å². The van der Waals surface area contributed by atoms with Crippen LogP contribution >= 0.6 is 0 Å². The predicted octanol–water partition coefficient (Wildman–Crippen LogP) is -0.439. The quantitative estimate of drug-likeness (QED) is 0.809. The topological polar surface area (TPSA) is 72.3 Å². The zero-order valence-corrected chi connectivity index (χ0v) is 11.8. The summed E-state index contributed by atoms with van der Waals surface area (Å²) in [6, 6.07) is 0.128. The molecule has 0 aliphatic carbocycles. The molecule has 1 fully saturated rings. The Hall–Kier alpha value is -1.47. The van der Waals surface area contributed by atoms with Gasteiger partial charge in [-0.3, -0.25) is 4.79 Å². The van der Waals surface area contributed by atoms with Crippen molar-refractivity contribution in [3.05, 3.63) is 11.6 Å². The maximum Gasteiger partial charge on any atom is 0.224 e. The first-order valence-corrected chi connectivity index (χ1v) is 7.20. The normalized spacial score (nSPS) is 21.8. The van der Waals surface area contributed by atoms with Gasteiger partial charge < -0.3 is 19.5 Å². The van der Waals surface area contributed by atoms with E-state index in [1.54, 1.807) is 4.90 Å². The predicted molar refractivity (Wildman–Crippen MR) is 72.0 cm³/mol. The number of ether oxygens (including phenoxy) is 1. The first-order valence-electron chi connectivity index (χ1n) is 7.20. The molecule has 1 aromatic rings. The van der Waals surface area contributed by atoms with Gasteiger partial charge in [0.1, 0.15) is 5.82 Å². The van der Waals surface area contributed by atoms with Gasteiger partial charge in [0, 0.05) is 39.0 Å². The molecule has 0 bridgehead atoms. The number of hydrogen-bond donors (Lipinski definition) is 1. The third-order valence-corrected chi connectivity index (χ3v) is 3.91. The Kier molecular flexibility index (Phi) is 3.98. The molecule has 1 atom stereocenters. The fourth-order valence-corrected chi connectivity index (χ4v) is 2.75. The molecule has 2 aliphatic rings. The maximum atomic E-state index is 12.2. The average Bonchev–Trinajstić information content (AvgIpc) is 3.05. The molecule has 110 valence electrons. The summed E-state index contributed by atoms with van der Waals surface area (Å²) in [5.41, 5.74) is 0. The first kappa shape index (κ1) is 13.5. The lowest BCUT2D eigenvalue weighted by Gasteiger charge is -2.25. The van der Waals surface area contributed by atoms with Gasteiger partial charge in [-0.15, -0.1) is 10.2 Å². The number of fused-ring (bicyclic) bond motifs is 1. The summed E-state index contributed by atoms with van der Waals surface area (Å²) in [7, 11) is 1.82. The summed E-state index contributed by atoms with van der Waals surface area (Å²) >= 11 is 0. The molecule has 0 aromatic carbocycles. The summed E-state index contributed by atoms with van der Waals surface area (Å²) in [6.07, 6.45) is 2.59. The van der Waals surface area contributed by atoms with Crippen LogP contribution < -0.4 is 5.32 Å². The molecule has 1 N–H and O–H groups in total. The lowest BCUT2D eigenvalue weighted by atomic mass is 10.2. The largest absolute Gasteiger partial charge is 0.378 e. The standard InChI is InChI=1S/C13H21N5O2/c1-17(13(19)7-10-9-20-6-4-14-10)8-12-16-15-11-3-2-5-18(11)12/h10,14H,2-9H2,1H3. The summed E-state index contributed by atoms with van der Waals surface area (Å²) < 4.78 is 7.50. The van der Waals surface area contributed by atoms with E-state index in [2.05, 4.69) is 20.1 Å². The molecule has 3 rings (SSSR count). The number of aromatic nitrogens is 3. The third kappa shape index (κ3) is 2.83. The van der Waals surface area contributed by atoms with E-state index in [1.807, 2.05) is 7.05 Å². The highest BCUT2D eigenvalue weighted by molar-refractivity contribution is 5.76. The highest BCUT2D eigenvalue weighted by atomic mass is 16.5. The monoisotopic (exact) mass is 279 g/mol. The van der Waals surface area contributed by atoms with Crippen LogP contribution in [0.5, 0.6) is 0 Å². The fourth-order valence-electron chi connectivity index (χ4n) is 2.75. The van der Waals surface area contributed by atoms with Gasteiger partial charge in [-0.25, -0.2) is 0 Å². The van der Waals surface area contributed by atoms with Gasteiger partial charge in [0.2, 0.25) is 5.91 Å². The number of hydrogen-bond acceptors (Lipinski definition) is 5. The van der Waals surface area contributed by atoms with Crippen LogP contribution in [0.4, 0.5) is 0 Å². The molecule has 1 amide bonds. The van der Waals surface area contributed by atoms with E-state index in [4.69, 9.17) is 4.74 Å². The summed E-state index contributed by atoms with van der Waals surface area (Å²) in [4.78, 5) is 13.9. The Morgan fingerprint density at radius 1 is 1.55 bits per heavy atom. The minimum atomic E-state index is 0.114. The maximum absolute atomic E-state index is 12.2. The van der Waals surface area contributed by atoms with Crippen molar-refractivity contribution >= 4 is 5.91 Å². The second-order valence-corrected chi connectivity index (χ2v) is 5.47. The number of carbonyl (C=O) groups excluding carboxylic acids is 1. The summed E-state index contributed by atoms with van der Waals surface area (Å²) in [6.45, 7) is 3.66. The molecule has 20 heavy (non-hydrogen) atoms. The number of aryl methyl sites for hydroxylation is 1. The zero-order chi connectivity index (χ0) is 13.9. The minimum Gasteiger partial charge on any atom is -0.378 e. The Bertz CT molecular complexity index is 481. The van der Waals surface area contributed by atoms with Crippen LogP contribution in [0.15, 0.2) is 0 Å². The molecule has 3 heterocycles. The molecule has 7 nitrogen and oxygen atoms in total. The van der Waals surface area contributed by atoms with E-state index >= 15 is 0 Å². The van der Waals surface area contributed by atoms with Crippen molar-refractivity contribution < 1.29 is 9.53 Å². The van der Waals surface area contributed by atoms with Crippen molar-refractivity contribution in [1.29, 1.82) is 0 Å². The van der Waals surface area contributed by atoms with Crippen LogP contribution in [0, 0.1) is 0 Å². The van der Waals surface area contributed by atoms with E-state index in [0.717, 1.165) is 44.2 Å². The van der Waals surface area contributed by atoms with Crippen LogP contribution in [0.25, 0.3) is 0 Å². The van der Waals surface area contributed by atoms with Gasteiger partial charge in [0.15, 0.2) is 5.82 Å². The minimum absolute atomic E-state index is 0.114. The number of nitrogens with one attached hydrogen (secondary N) is 1. The molecule has 1 unspecified atom stereocenters. The Balaban J connectivity index is 1.55. The van der Waals surface area contributed by atoms with Crippen molar-refractivity contribution in [1.82, 2.24) is 25.0 Å². The van der Waals surface area contributed by atoms with E-state index in [0.29, 0.717) is 19.6 Å². The fraction of sp³-hybridized carbons (Fsp3) is 0.769. The third-order valence-electron chi connectivity index (χ3n) is 3.91. The van der Waals surface area contributed by atoms with Crippen molar-refractivity contribution in [3.8, 4) is 0 Å². The second-order valence-electron chi connectivity index (χ2n) is 5.47. The van der Waals surface area contributed by atoms with Gasteiger partial charge >= 0.3 is 0 Å². The highest BCUT2D eigenvalue weighted by Gasteiger charge is 2.22. The van der Waals surface area contributed by atoms with Crippen molar-refractivity contribution in [3.63, 3.8) is 0 Å². The first-order chi connectivity index (χ1) is 9.74. The molecule has 0 spiro atoms. The molecular formula is C13H21N5O2. The smallest absolute Gasteiger partial charge is 0.224 e.